The molecule has 3 rings (SSSR count). The predicted octanol–water partition coefficient (Wildman–Crippen LogP) is 4.28. The molecule has 2 atom stereocenters. The van der Waals surface area contributed by atoms with Crippen LogP contribution in [0.4, 0.5) is 0 Å². The molecule has 0 unspecified atom stereocenters. The summed E-state index contributed by atoms with van der Waals surface area (Å²) in [6, 6.07) is 9.54. The summed E-state index contributed by atoms with van der Waals surface area (Å²) in [6.45, 7) is 5.45. The molecule has 0 N–H and O–H groups in total. The molecule has 5 heteroatoms. The van der Waals surface area contributed by atoms with Crippen molar-refractivity contribution in [2.75, 3.05) is 0 Å². The normalized spacial score (nSPS) is 27.3. The second-order valence-corrected chi connectivity index (χ2v) is 7.93. The number of hydrogen-bond donors (Lipinski definition) is 0. The minimum Gasteiger partial charge on any atom is -0.423 e. The Kier molecular flexibility index (Phi) is 4.86. The summed E-state index contributed by atoms with van der Waals surface area (Å²) in [7, 11) is 0. The molecular formula is C20H25NO4. The van der Waals surface area contributed by atoms with E-state index in [0.717, 1.165) is 31.2 Å². The van der Waals surface area contributed by atoms with Crippen molar-refractivity contribution in [2.45, 2.75) is 70.0 Å². The largest absolute Gasteiger partial charge is 0.423 e. The van der Waals surface area contributed by atoms with Crippen molar-refractivity contribution in [1.29, 1.82) is 5.26 Å². The van der Waals surface area contributed by atoms with Gasteiger partial charge in [0.05, 0.1) is 5.60 Å². The summed E-state index contributed by atoms with van der Waals surface area (Å²) in [6.07, 6.45) is 5.32. The van der Waals surface area contributed by atoms with E-state index in [2.05, 4.69) is 6.07 Å². The molecule has 1 aliphatic carbocycles. The van der Waals surface area contributed by atoms with Gasteiger partial charge in [0.1, 0.15) is 11.8 Å². The van der Waals surface area contributed by atoms with Crippen LogP contribution in [0.25, 0.3) is 0 Å². The van der Waals surface area contributed by atoms with E-state index in [1.54, 1.807) is 6.07 Å². The molecule has 1 heterocycles. The van der Waals surface area contributed by atoms with Crippen LogP contribution >= 0.6 is 0 Å². The fraction of sp³-hybridized carbons (Fsp3) is 0.600. The van der Waals surface area contributed by atoms with Gasteiger partial charge in [0.15, 0.2) is 0 Å². The van der Waals surface area contributed by atoms with Crippen molar-refractivity contribution in [1.82, 2.24) is 0 Å². The van der Waals surface area contributed by atoms with Gasteiger partial charge < -0.3 is 4.74 Å². The van der Waals surface area contributed by atoms with Gasteiger partial charge in [-0.1, -0.05) is 37.5 Å². The quantitative estimate of drug-likeness (QED) is 0.355. The maximum absolute atomic E-state index is 12.8. The Morgan fingerprint density at radius 1 is 1.20 bits per heavy atom. The van der Waals surface area contributed by atoms with Crippen LogP contribution in [0.3, 0.4) is 0 Å². The lowest BCUT2D eigenvalue weighted by Gasteiger charge is -2.42. The Morgan fingerprint density at radius 2 is 1.88 bits per heavy atom. The van der Waals surface area contributed by atoms with Crippen molar-refractivity contribution in [3.05, 3.63) is 29.8 Å². The number of ether oxygens (including phenoxy) is 1. The molecular weight excluding hydrogens is 318 g/mol. The molecule has 134 valence electrons. The van der Waals surface area contributed by atoms with E-state index in [4.69, 9.17) is 14.5 Å². The van der Waals surface area contributed by atoms with Crippen LogP contribution in [-0.2, 0) is 14.6 Å². The molecule has 0 spiro atoms. The smallest absolute Gasteiger partial charge is 0.362 e. The highest BCUT2D eigenvalue weighted by Gasteiger charge is 2.58. The molecule has 1 fully saturated rings. The topological polar surface area (TPSA) is 68.5 Å². The van der Waals surface area contributed by atoms with E-state index < -0.39 is 23.1 Å². The van der Waals surface area contributed by atoms with Gasteiger partial charge in [-0.3, -0.25) is 0 Å². The second kappa shape index (κ2) is 6.78. The van der Waals surface area contributed by atoms with Crippen molar-refractivity contribution in [3.63, 3.8) is 0 Å². The number of nitriles is 1. The number of para-hydroxylation sites is 1. The summed E-state index contributed by atoms with van der Waals surface area (Å²) >= 11 is 0. The van der Waals surface area contributed by atoms with Gasteiger partial charge in [-0.2, -0.15) is 5.26 Å². The van der Waals surface area contributed by atoms with Gasteiger partial charge >= 0.3 is 5.97 Å². The zero-order valence-electron chi connectivity index (χ0n) is 15.1. The minimum absolute atomic E-state index is 0.186. The first-order valence-corrected chi connectivity index (χ1v) is 8.97. The highest BCUT2D eigenvalue weighted by atomic mass is 17.2. The first-order valence-electron chi connectivity index (χ1n) is 8.97. The Bertz CT molecular complexity index is 682. The van der Waals surface area contributed by atoms with Crippen molar-refractivity contribution < 1.29 is 19.3 Å². The van der Waals surface area contributed by atoms with E-state index in [1.165, 1.54) is 6.42 Å². The van der Waals surface area contributed by atoms with E-state index in [9.17, 15) is 10.1 Å². The molecule has 0 saturated heterocycles. The third kappa shape index (κ3) is 3.42. The highest BCUT2D eigenvalue weighted by molar-refractivity contribution is 5.89. The number of rotatable bonds is 3. The van der Waals surface area contributed by atoms with Crippen LogP contribution in [0.5, 0.6) is 5.75 Å². The lowest BCUT2D eigenvalue weighted by Crippen LogP contribution is -2.54. The molecule has 1 saturated carbocycles. The van der Waals surface area contributed by atoms with E-state index >= 15 is 0 Å². The number of nitrogens with zero attached hydrogens (tertiary/aromatic N) is 1. The van der Waals surface area contributed by atoms with Gasteiger partial charge in [-0.05, 0) is 45.6 Å². The number of benzene rings is 1. The number of carbonyl (C=O) groups is 1. The molecule has 1 aromatic rings. The highest BCUT2D eigenvalue weighted by Crippen LogP contribution is 2.50. The fourth-order valence-electron chi connectivity index (χ4n) is 3.82. The average Bonchev–Trinajstić information content (AvgIpc) is 2.59. The van der Waals surface area contributed by atoms with Gasteiger partial charge in [0.25, 0.3) is 5.60 Å². The van der Waals surface area contributed by atoms with Crippen LogP contribution < -0.4 is 4.74 Å². The maximum atomic E-state index is 12.8. The average molecular weight is 343 g/mol. The summed E-state index contributed by atoms with van der Waals surface area (Å²) in [4.78, 5) is 23.9. The molecule has 25 heavy (non-hydrogen) atoms. The molecule has 0 amide bonds. The number of esters is 1. The number of carbonyl (C=O) groups excluding carboxylic acids is 1. The standard InChI is InChI=1S/C20H25NO4/c1-19(2,3)24-25-20(13-21)17(14-9-5-4-6-10-14)15-11-7-8-12-16(15)23-18(20)22/h7-8,11-12,14,17H,4-6,9-10H2,1-3H3/t17-,20+/m0/s1. The van der Waals surface area contributed by atoms with Gasteiger partial charge in [-0.15, -0.1) is 0 Å². The summed E-state index contributed by atoms with van der Waals surface area (Å²) in [5.41, 5.74) is -1.56. The number of hydrogen-bond acceptors (Lipinski definition) is 5. The van der Waals surface area contributed by atoms with Crippen molar-refractivity contribution in [2.24, 2.45) is 5.92 Å². The summed E-state index contributed by atoms with van der Waals surface area (Å²) < 4.78 is 5.46. The lowest BCUT2D eigenvalue weighted by atomic mass is 9.68. The SMILES string of the molecule is CC(C)(C)OO[C@@]1(C#N)C(=O)Oc2ccccc2[C@@H]1C1CCCCC1. The van der Waals surface area contributed by atoms with Crippen LogP contribution in [-0.4, -0.2) is 17.2 Å². The van der Waals surface area contributed by atoms with E-state index in [1.807, 2.05) is 39.0 Å². The van der Waals surface area contributed by atoms with Crippen molar-refractivity contribution in [3.8, 4) is 11.8 Å². The lowest BCUT2D eigenvalue weighted by molar-refractivity contribution is -0.390. The summed E-state index contributed by atoms with van der Waals surface area (Å²) in [5, 5.41) is 9.98. The monoisotopic (exact) mass is 343 g/mol. The van der Waals surface area contributed by atoms with Gasteiger partial charge in [0, 0.05) is 11.5 Å². The third-order valence-corrected chi connectivity index (χ3v) is 4.91. The van der Waals surface area contributed by atoms with Crippen LogP contribution in [0, 0.1) is 17.2 Å². The molecule has 5 nitrogen and oxygen atoms in total. The maximum Gasteiger partial charge on any atom is 0.362 e. The van der Waals surface area contributed by atoms with Crippen LogP contribution in [0.2, 0.25) is 0 Å². The Labute approximate surface area is 148 Å². The molecule has 0 radical (unpaired) electrons. The van der Waals surface area contributed by atoms with E-state index in [0.29, 0.717) is 5.75 Å². The second-order valence-electron chi connectivity index (χ2n) is 7.93. The number of fused-ring (bicyclic) bond motifs is 1. The minimum atomic E-state index is -1.77. The molecule has 0 aromatic heterocycles. The molecule has 2 aliphatic rings. The Hall–Kier alpha value is -1.90. The van der Waals surface area contributed by atoms with Gasteiger partial charge in [0.2, 0.25) is 0 Å². The van der Waals surface area contributed by atoms with Crippen LogP contribution in [0.1, 0.15) is 64.4 Å². The Morgan fingerprint density at radius 3 is 2.52 bits per heavy atom. The van der Waals surface area contributed by atoms with E-state index in [-0.39, 0.29) is 5.92 Å². The Balaban J connectivity index is 2.06. The first kappa shape index (κ1) is 17.9. The zero-order chi connectivity index (χ0) is 18.1. The molecule has 0 bridgehead atoms. The summed E-state index contributed by atoms with van der Waals surface area (Å²) in [5.74, 6) is -0.370. The first-order chi connectivity index (χ1) is 11.9. The van der Waals surface area contributed by atoms with Crippen molar-refractivity contribution >= 4 is 5.97 Å². The predicted molar refractivity (Wildman–Crippen MR) is 91.7 cm³/mol. The van der Waals surface area contributed by atoms with Gasteiger partial charge in [-0.25, -0.2) is 14.6 Å². The third-order valence-electron chi connectivity index (χ3n) is 4.91. The fourth-order valence-corrected chi connectivity index (χ4v) is 3.82. The van der Waals surface area contributed by atoms with Crippen LogP contribution in [0.15, 0.2) is 24.3 Å². The molecule has 1 aromatic carbocycles. The zero-order valence-corrected chi connectivity index (χ0v) is 15.1. The molecule has 1 aliphatic heterocycles.